The van der Waals surface area contributed by atoms with Crippen molar-refractivity contribution < 1.29 is 18.0 Å². The van der Waals surface area contributed by atoms with E-state index in [2.05, 4.69) is 10.3 Å². The maximum atomic E-state index is 13.5. The van der Waals surface area contributed by atoms with Crippen LogP contribution in [0.25, 0.3) is 21.0 Å². The summed E-state index contributed by atoms with van der Waals surface area (Å²) in [6.07, 6.45) is 1.60. The lowest BCUT2D eigenvalue weighted by Crippen LogP contribution is -2.61. The van der Waals surface area contributed by atoms with Crippen molar-refractivity contribution >= 4 is 71.5 Å². The van der Waals surface area contributed by atoms with Gasteiger partial charge in [-0.1, -0.05) is 29.8 Å². The highest BCUT2D eigenvalue weighted by Crippen LogP contribution is 2.34. The average molecular weight is 544 g/mol. The van der Waals surface area contributed by atoms with Crippen LogP contribution in [0.1, 0.15) is 5.56 Å². The number of benzene rings is 2. The van der Waals surface area contributed by atoms with Crippen LogP contribution in [0.15, 0.2) is 58.9 Å². The Morgan fingerprint density at radius 1 is 1.22 bits per heavy atom. The van der Waals surface area contributed by atoms with Crippen LogP contribution in [0.3, 0.4) is 0 Å². The monoisotopic (exact) mass is 543 g/mol. The largest absolute Gasteiger partial charge is 0.398 e. The number of aromatic nitrogens is 1. The van der Waals surface area contributed by atoms with Gasteiger partial charge in [-0.15, -0.1) is 11.3 Å². The van der Waals surface area contributed by atoms with E-state index in [1.165, 1.54) is 11.9 Å². The molecule has 0 bridgehead atoms. The summed E-state index contributed by atoms with van der Waals surface area (Å²) in [5, 5.41) is 4.58. The van der Waals surface area contributed by atoms with Gasteiger partial charge in [-0.25, -0.2) is 8.42 Å². The van der Waals surface area contributed by atoms with E-state index in [1.54, 1.807) is 36.5 Å². The number of nitrogen functional groups attached to an aromatic ring is 1. The van der Waals surface area contributed by atoms with E-state index in [-0.39, 0.29) is 23.8 Å². The highest BCUT2D eigenvalue weighted by molar-refractivity contribution is 7.91. The number of hydrogen-bond donors (Lipinski definition) is 2. The summed E-state index contributed by atoms with van der Waals surface area (Å²) in [6, 6.07) is 12.8. The number of nitrogens with zero attached hydrogens (tertiary/aromatic N) is 3. The van der Waals surface area contributed by atoms with E-state index in [1.807, 2.05) is 18.2 Å². The number of sulfonamides is 1. The fourth-order valence-corrected chi connectivity index (χ4v) is 7.52. The van der Waals surface area contributed by atoms with Crippen molar-refractivity contribution in [1.82, 2.24) is 19.5 Å². The summed E-state index contributed by atoms with van der Waals surface area (Å²) < 4.78 is 28.8. The van der Waals surface area contributed by atoms with Crippen LogP contribution in [-0.2, 0) is 26.2 Å². The number of rotatable bonds is 5. The van der Waals surface area contributed by atoms with Gasteiger partial charge in [-0.2, -0.15) is 4.31 Å². The van der Waals surface area contributed by atoms with Crippen molar-refractivity contribution in [3.63, 3.8) is 0 Å². The summed E-state index contributed by atoms with van der Waals surface area (Å²) >= 11 is 7.12. The normalized spacial score (nSPS) is 17.1. The Balaban J connectivity index is 1.44. The Hall–Kier alpha value is -3.25. The van der Waals surface area contributed by atoms with Gasteiger partial charge in [0.2, 0.25) is 11.8 Å². The number of fused-ring (bicyclic) bond motifs is 2. The molecule has 12 heteroatoms. The highest BCUT2D eigenvalue weighted by atomic mass is 35.5. The molecule has 2 aromatic heterocycles. The van der Waals surface area contributed by atoms with Crippen molar-refractivity contribution in [2.75, 3.05) is 25.9 Å². The maximum absolute atomic E-state index is 13.5. The molecule has 4 aromatic rings. The third-order valence-electron chi connectivity index (χ3n) is 6.18. The van der Waals surface area contributed by atoms with Crippen LogP contribution in [0.5, 0.6) is 0 Å². The first-order valence-electron chi connectivity index (χ1n) is 11.0. The molecule has 2 amide bonds. The first-order chi connectivity index (χ1) is 17.2. The molecular weight excluding hydrogens is 522 g/mol. The highest BCUT2D eigenvalue weighted by Gasteiger charge is 2.42. The number of halogens is 1. The van der Waals surface area contributed by atoms with E-state index in [0.29, 0.717) is 16.2 Å². The molecule has 5 rings (SSSR count). The molecule has 1 aliphatic heterocycles. The number of nitrogens with one attached hydrogen (secondary N) is 1. The van der Waals surface area contributed by atoms with E-state index in [0.717, 1.165) is 36.7 Å². The molecule has 0 saturated carbocycles. The minimum atomic E-state index is -4.02. The van der Waals surface area contributed by atoms with Crippen LogP contribution in [0, 0.1) is 0 Å². The lowest BCUT2D eigenvalue weighted by Gasteiger charge is -2.39. The number of thiophene rings is 1. The molecule has 0 spiro atoms. The first-order valence-corrected chi connectivity index (χ1v) is 13.6. The quantitative estimate of drug-likeness (QED) is 0.399. The SMILES string of the molecule is CNC(=O)C1CN(S(=O)(=O)c2cc3ccc(Cl)cc3s2)CC(=O)N1Cc1ccc2c(N)ccnc2c1. The van der Waals surface area contributed by atoms with Gasteiger partial charge >= 0.3 is 0 Å². The van der Waals surface area contributed by atoms with Crippen LogP contribution in [-0.4, -0.2) is 60.6 Å². The summed E-state index contributed by atoms with van der Waals surface area (Å²) in [4.78, 5) is 31.8. The number of anilines is 1. The van der Waals surface area contributed by atoms with Crippen LogP contribution in [0.2, 0.25) is 5.02 Å². The number of pyridine rings is 1. The van der Waals surface area contributed by atoms with Crippen LogP contribution >= 0.6 is 22.9 Å². The van der Waals surface area contributed by atoms with Gasteiger partial charge in [0.1, 0.15) is 10.3 Å². The molecule has 36 heavy (non-hydrogen) atoms. The average Bonchev–Trinajstić information content (AvgIpc) is 3.29. The Kier molecular flexibility index (Phi) is 6.33. The Labute approximate surface area is 216 Å². The summed E-state index contributed by atoms with van der Waals surface area (Å²) in [5.41, 5.74) is 8.01. The molecule has 1 fully saturated rings. The molecule has 1 atom stereocenters. The second-order valence-electron chi connectivity index (χ2n) is 8.45. The second-order valence-corrected chi connectivity index (χ2v) is 12.1. The van der Waals surface area contributed by atoms with Gasteiger partial charge in [0.05, 0.1) is 12.1 Å². The second kappa shape index (κ2) is 9.32. The topological polar surface area (TPSA) is 126 Å². The molecule has 1 aliphatic rings. The lowest BCUT2D eigenvalue weighted by atomic mass is 10.1. The van der Waals surface area contributed by atoms with E-state index in [4.69, 9.17) is 17.3 Å². The fraction of sp³-hybridized carbons (Fsp3) is 0.208. The predicted octanol–water partition coefficient (Wildman–Crippen LogP) is 2.83. The zero-order chi connectivity index (χ0) is 25.6. The number of hydrogen-bond acceptors (Lipinski definition) is 7. The molecule has 186 valence electrons. The van der Waals surface area contributed by atoms with Gasteiger partial charge in [0.15, 0.2) is 0 Å². The Bertz CT molecular complexity index is 1620. The molecular formula is C24H22ClN5O4S2. The predicted molar refractivity (Wildman–Crippen MR) is 140 cm³/mol. The number of piperazine rings is 1. The molecule has 0 aliphatic carbocycles. The van der Waals surface area contributed by atoms with Crippen molar-refractivity contribution in [2.24, 2.45) is 0 Å². The number of amides is 2. The van der Waals surface area contributed by atoms with Gasteiger partial charge < -0.3 is 16.0 Å². The molecule has 3 N–H and O–H groups in total. The lowest BCUT2D eigenvalue weighted by molar-refractivity contribution is -0.145. The standard InChI is InChI=1S/C24H22ClN5O4S2/c1-27-24(32)20-12-29(36(33,34)23-9-15-3-4-16(25)10-21(15)35-23)13-22(31)30(20)11-14-2-5-17-18(26)6-7-28-19(17)8-14/h2-10,20H,11-13H2,1H3,(H2,26,28)(H,27,32). The smallest absolute Gasteiger partial charge is 0.253 e. The summed E-state index contributed by atoms with van der Waals surface area (Å²) in [7, 11) is -2.56. The van der Waals surface area contributed by atoms with Gasteiger partial charge in [-0.05, 0) is 41.3 Å². The number of likely N-dealkylation sites (N-methyl/N-ethyl adjacent to an activating group) is 1. The third-order valence-corrected chi connectivity index (χ3v) is 9.78. The Morgan fingerprint density at radius 3 is 2.81 bits per heavy atom. The van der Waals surface area contributed by atoms with E-state index >= 15 is 0 Å². The van der Waals surface area contributed by atoms with Crippen molar-refractivity contribution in [1.29, 1.82) is 0 Å². The first kappa shape index (κ1) is 24.4. The fourth-order valence-electron chi connectivity index (χ4n) is 4.29. The minimum Gasteiger partial charge on any atom is -0.398 e. The van der Waals surface area contributed by atoms with Crippen LogP contribution in [0.4, 0.5) is 5.69 Å². The van der Waals surface area contributed by atoms with Crippen molar-refractivity contribution in [3.8, 4) is 0 Å². The molecule has 3 heterocycles. The number of carbonyl (C=O) groups is 2. The summed E-state index contributed by atoms with van der Waals surface area (Å²) in [6.45, 7) is -0.413. The number of carbonyl (C=O) groups excluding carboxylic acids is 2. The van der Waals surface area contributed by atoms with Gasteiger partial charge in [0, 0.05) is 47.1 Å². The summed E-state index contributed by atoms with van der Waals surface area (Å²) in [5.74, 6) is -0.919. The van der Waals surface area contributed by atoms with Gasteiger partial charge in [-0.3, -0.25) is 14.6 Å². The van der Waals surface area contributed by atoms with Crippen LogP contribution < -0.4 is 11.1 Å². The number of nitrogens with two attached hydrogens (primary N) is 1. The van der Waals surface area contributed by atoms with Crippen molar-refractivity contribution in [2.45, 2.75) is 16.8 Å². The molecule has 2 aromatic carbocycles. The maximum Gasteiger partial charge on any atom is 0.253 e. The van der Waals surface area contributed by atoms with E-state index < -0.39 is 27.9 Å². The minimum absolute atomic E-state index is 0.0925. The molecule has 9 nitrogen and oxygen atoms in total. The zero-order valence-electron chi connectivity index (χ0n) is 19.1. The van der Waals surface area contributed by atoms with E-state index in [9.17, 15) is 18.0 Å². The zero-order valence-corrected chi connectivity index (χ0v) is 21.5. The third kappa shape index (κ3) is 4.39. The Morgan fingerprint density at radius 2 is 2.03 bits per heavy atom. The molecule has 0 radical (unpaired) electrons. The van der Waals surface area contributed by atoms with Gasteiger partial charge in [0.25, 0.3) is 10.0 Å². The molecule has 1 saturated heterocycles. The molecule has 1 unspecified atom stereocenters. The van der Waals surface area contributed by atoms with Crippen molar-refractivity contribution in [3.05, 3.63) is 65.3 Å².